The Labute approximate surface area is 104 Å². The van der Waals surface area contributed by atoms with Gasteiger partial charge in [0, 0.05) is 24.2 Å². The van der Waals surface area contributed by atoms with Crippen LogP contribution in [0.5, 0.6) is 0 Å². The van der Waals surface area contributed by atoms with Crippen LogP contribution in [0.4, 0.5) is 5.69 Å². The summed E-state index contributed by atoms with van der Waals surface area (Å²) in [7, 11) is 0. The van der Waals surface area contributed by atoms with Crippen molar-refractivity contribution in [3.05, 3.63) is 29.8 Å². The monoisotopic (exact) mass is 231 g/mol. The van der Waals surface area contributed by atoms with Crippen LogP contribution in [0.2, 0.25) is 0 Å². The molecule has 0 saturated heterocycles. The average Bonchev–Trinajstić information content (AvgIpc) is 2.28. The lowest BCUT2D eigenvalue weighted by Crippen LogP contribution is -2.41. The maximum Gasteiger partial charge on any atom is 0.127 e. The van der Waals surface area contributed by atoms with Crippen molar-refractivity contribution in [2.24, 2.45) is 11.3 Å². The van der Waals surface area contributed by atoms with E-state index in [-0.39, 0.29) is 5.41 Å². The van der Waals surface area contributed by atoms with Gasteiger partial charge >= 0.3 is 0 Å². The van der Waals surface area contributed by atoms with Crippen molar-refractivity contribution in [3.63, 3.8) is 0 Å². The molecule has 0 N–H and O–H groups in total. The molecule has 0 saturated carbocycles. The third kappa shape index (κ3) is 2.68. The summed E-state index contributed by atoms with van der Waals surface area (Å²) in [6.07, 6.45) is 2.21. The Bertz CT molecular complexity index is 411. The SMILES string of the molecule is CC1Cc2ccccc2N(CC(C)(C)C=O)C1. The van der Waals surface area contributed by atoms with E-state index in [0.29, 0.717) is 5.92 Å². The van der Waals surface area contributed by atoms with Gasteiger partial charge in [0.25, 0.3) is 0 Å². The normalized spacial score (nSPS) is 19.9. The minimum Gasteiger partial charge on any atom is -0.370 e. The molecular formula is C15H21NO. The molecule has 0 spiro atoms. The number of nitrogens with zero attached hydrogens (tertiary/aromatic N) is 1. The maximum atomic E-state index is 11.1. The molecular weight excluding hydrogens is 210 g/mol. The minimum atomic E-state index is -0.274. The van der Waals surface area contributed by atoms with Crippen molar-refractivity contribution in [2.75, 3.05) is 18.0 Å². The number of hydrogen-bond donors (Lipinski definition) is 0. The van der Waals surface area contributed by atoms with Gasteiger partial charge in [-0.1, -0.05) is 39.0 Å². The second-order valence-corrected chi connectivity index (χ2v) is 5.92. The Hall–Kier alpha value is -1.31. The molecule has 1 aromatic rings. The van der Waals surface area contributed by atoms with Gasteiger partial charge in [-0.15, -0.1) is 0 Å². The van der Waals surface area contributed by atoms with Gasteiger partial charge in [-0.05, 0) is 24.0 Å². The Morgan fingerprint density at radius 3 is 2.82 bits per heavy atom. The Kier molecular flexibility index (Phi) is 3.23. The van der Waals surface area contributed by atoms with Gasteiger partial charge in [-0.2, -0.15) is 0 Å². The molecule has 17 heavy (non-hydrogen) atoms. The topological polar surface area (TPSA) is 20.3 Å². The van der Waals surface area contributed by atoms with Crippen molar-refractivity contribution in [1.29, 1.82) is 0 Å². The van der Waals surface area contributed by atoms with Crippen molar-refractivity contribution in [3.8, 4) is 0 Å². The molecule has 0 bridgehead atoms. The summed E-state index contributed by atoms with van der Waals surface area (Å²) < 4.78 is 0. The van der Waals surface area contributed by atoms with Gasteiger partial charge in [-0.3, -0.25) is 0 Å². The van der Waals surface area contributed by atoms with Gasteiger partial charge in [0.2, 0.25) is 0 Å². The second-order valence-electron chi connectivity index (χ2n) is 5.92. The van der Waals surface area contributed by atoms with Crippen LogP contribution in [-0.4, -0.2) is 19.4 Å². The van der Waals surface area contributed by atoms with E-state index >= 15 is 0 Å². The highest BCUT2D eigenvalue weighted by molar-refractivity contribution is 5.62. The molecule has 1 aliphatic heterocycles. The average molecular weight is 231 g/mol. The molecule has 1 heterocycles. The fourth-order valence-electron chi connectivity index (χ4n) is 2.59. The Morgan fingerprint density at radius 2 is 2.12 bits per heavy atom. The first-order valence-corrected chi connectivity index (χ1v) is 6.31. The predicted octanol–water partition coefficient (Wildman–Crippen LogP) is 2.91. The smallest absolute Gasteiger partial charge is 0.127 e. The zero-order valence-electron chi connectivity index (χ0n) is 10.9. The summed E-state index contributed by atoms with van der Waals surface area (Å²) in [4.78, 5) is 13.4. The number of benzene rings is 1. The summed E-state index contributed by atoms with van der Waals surface area (Å²) in [5.74, 6) is 0.660. The molecule has 0 fully saturated rings. The number of para-hydroxylation sites is 1. The number of fused-ring (bicyclic) bond motifs is 1. The zero-order chi connectivity index (χ0) is 12.5. The molecule has 2 heteroatoms. The van der Waals surface area contributed by atoms with Crippen LogP contribution in [0.15, 0.2) is 24.3 Å². The molecule has 92 valence electrons. The minimum absolute atomic E-state index is 0.274. The van der Waals surface area contributed by atoms with E-state index in [0.717, 1.165) is 25.8 Å². The number of carbonyl (C=O) groups excluding carboxylic acids is 1. The first kappa shape index (κ1) is 12.2. The maximum absolute atomic E-state index is 11.1. The summed E-state index contributed by atoms with van der Waals surface area (Å²) in [6.45, 7) is 8.13. The molecule has 2 rings (SSSR count). The van der Waals surface area contributed by atoms with Crippen molar-refractivity contribution in [1.82, 2.24) is 0 Å². The Balaban J connectivity index is 2.27. The number of aldehydes is 1. The highest BCUT2D eigenvalue weighted by Gasteiger charge is 2.26. The van der Waals surface area contributed by atoms with Crippen molar-refractivity contribution < 1.29 is 4.79 Å². The van der Waals surface area contributed by atoms with Crippen LogP contribution in [0.1, 0.15) is 26.3 Å². The van der Waals surface area contributed by atoms with E-state index in [1.54, 1.807) is 0 Å². The van der Waals surface area contributed by atoms with E-state index in [1.807, 2.05) is 13.8 Å². The molecule has 0 amide bonds. The summed E-state index contributed by atoms with van der Waals surface area (Å²) in [6, 6.07) is 8.55. The lowest BCUT2D eigenvalue weighted by molar-refractivity contribution is -0.114. The van der Waals surface area contributed by atoms with Crippen LogP contribution < -0.4 is 4.90 Å². The van der Waals surface area contributed by atoms with Gasteiger partial charge in [0.05, 0.1) is 0 Å². The van der Waals surface area contributed by atoms with E-state index < -0.39 is 0 Å². The first-order valence-electron chi connectivity index (χ1n) is 6.31. The van der Waals surface area contributed by atoms with Crippen LogP contribution in [0.3, 0.4) is 0 Å². The fourth-order valence-corrected chi connectivity index (χ4v) is 2.59. The van der Waals surface area contributed by atoms with Crippen molar-refractivity contribution in [2.45, 2.75) is 27.2 Å². The predicted molar refractivity (Wildman–Crippen MR) is 71.4 cm³/mol. The first-order chi connectivity index (χ1) is 8.02. The van der Waals surface area contributed by atoms with Gasteiger partial charge < -0.3 is 9.69 Å². The largest absolute Gasteiger partial charge is 0.370 e. The van der Waals surface area contributed by atoms with E-state index in [4.69, 9.17) is 0 Å². The number of rotatable bonds is 3. The summed E-state index contributed by atoms with van der Waals surface area (Å²) >= 11 is 0. The van der Waals surface area contributed by atoms with Gasteiger partial charge in [0.1, 0.15) is 6.29 Å². The lowest BCUT2D eigenvalue weighted by atomic mass is 9.89. The van der Waals surface area contributed by atoms with Gasteiger partial charge in [0.15, 0.2) is 0 Å². The number of anilines is 1. The van der Waals surface area contributed by atoms with Crippen LogP contribution in [-0.2, 0) is 11.2 Å². The Morgan fingerprint density at radius 1 is 1.41 bits per heavy atom. The fraction of sp³-hybridized carbons (Fsp3) is 0.533. The summed E-state index contributed by atoms with van der Waals surface area (Å²) in [5, 5.41) is 0. The zero-order valence-corrected chi connectivity index (χ0v) is 10.9. The molecule has 1 unspecified atom stereocenters. The highest BCUT2D eigenvalue weighted by atomic mass is 16.1. The molecule has 2 nitrogen and oxygen atoms in total. The van der Waals surface area contributed by atoms with Crippen LogP contribution in [0.25, 0.3) is 0 Å². The standard InChI is InChI=1S/C15H21NO/c1-12-8-13-6-4-5-7-14(13)16(9-12)10-15(2,3)11-17/h4-7,11-12H,8-10H2,1-3H3. The molecule has 0 aliphatic carbocycles. The van der Waals surface area contributed by atoms with E-state index in [9.17, 15) is 4.79 Å². The number of carbonyl (C=O) groups is 1. The third-order valence-corrected chi connectivity index (χ3v) is 3.35. The molecule has 1 atom stereocenters. The molecule has 0 radical (unpaired) electrons. The van der Waals surface area contributed by atoms with Crippen LogP contribution in [0, 0.1) is 11.3 Å². The van der Waals surface area contributed by atoms with Crippen molar-refractivity contribution >= 4 is 12.0 Å². The van der Waals surface area contributed by atoms with E-state index in [2.05, 4.69) is 36.1 Å². The molecule has 1 aliphatic rings. The summed E-state index contributed by atoms with van der Waals surface area (Å²) in [5.41, 5.74) is 2.44. The number of hydrogen-bond acceptors (Lipinski definition) is 2. The lowest BCUT2D eigenvalue weighted by Gasteiger charge is -2.38. The molecule has 0 aromatic heterocycles. The van der Waals surface area contributed by atoms with E-state index in [1.165, 1.54) is 11.3 Å². The van der Waals surface area contributed by atoms with Crippen LogP contribution >= 0.6 is 0 Å². The molecule has 1 aromatic carbocycles. The highest BCUT2D eigenvalue weighted by Crippen LogP contribution is 2.31. The second kappa shape index (κ2) is 4.52. The van der Waals surface area contributed by atoms with Gasteiger partial charge in [-0.25, -0.2) is 0 Å². The third-order valence-electron chi connectivity index (χ3n) is 3.35. The quantitative estimate of drug-likeness (QED) is 0.745.